The van der Waals surface area contributed by atoms with Crippen molar-refractivity contribution in [1.29, 1.82) is 0 Å². The molecule has 0 spiro atoms. The zero-order valence-electron chi connectivity index (χ0n) is 10.1. The van der Waals surface area contributed by atoms with E-state index in [4.69, 9.17) is 0 Å². The van der Waals surface area contributed by atoms with Crippen LogP contribution in [0.3, 0.4) is 0 Å². The fourth-order valence-electron chi connectivity index (χ4n) is 1.81. The van der Waals surface area contributed by atoms with Gasteiger partial charge in [-0.15, -0.1) is 0 Å². The van der Waals surface area contributed by atoms with Crippen LogP contribution in [0.25, 0.3) is 0 Å². The fraction of sp³-hybridized carbons (Fsp3) is 0.214. The second-order valence-electron chi connectivity index (χ2n) is 4.27. The molecule has 2 nitrogen and oxygen atoms in total. The highest BCUT2D eigenvalue weighted by molar-refractivity contribution is 5.36. The summed E-state index contributed by atoms with van der Waals surface area (Å²) in [6.45, 7) is 1.86. The maximum atomic E-state index is 12.8. The number of rotatable bonds is 2. The monoisotopic (exact) mass is 267 g/mol. The predicted octanol–water partition coefficient (Wildman–Crippen LogP) is 3.49. The standard InChI is InChI=1S/C14H12F3NO/c1-9-2-4-10(5-3-9)13(19)11-8-18-7-6-12(11)14(15,16)17/h2-8,13,19H,1H3. The van der Waals surface area contributed by atoms with E-state index in [0.29, 0.717) is 5.56 Å². The van der Waals surface area contributed by atoms with Crippen LogP contribution in [0, 0.1) is 6.92 Å². The van der Waals surface area contributed by atoms with Gasteiger partial charge in [0.1, 0.15) is 6.10 Å². The van der Waals surface area contributed by atoms with Crippen LogP contribution in [-0.2, 0) is 6.18 Å². The Balaban J connectivity index is 2.44. The summed E-state index contributed by atoms with van der Waals surface area (Å²) in [5.74, 6) is 0. The van der Waals surface area contributed by atoms with E-state index in [1.807, 2.05) is 6.92 Å². The van der Waals surface area contributed by atoms with Crippen molar-refractivity contribution in [2.75, 3.05) is 0 Å². The third kappa shape index (κ3) is 2.93. The van der Waals surface area contributed by atoms with Gasteiger partial charge in [-0.3, -0.25) is 4.98 Å². The maximum Gasteiger partial charge on any atom is 0.416 e. The van der Waals surface area contributed by atoms with Gasteiger partial charge in [-0.05, 0) is 18.6 Å². The van der Waals surface area contributed by atoms with Gasteiger partial charge in [0.2, 0.25) is 0 Å². The molecule has 0 amide bonds. The molecular weight excluding hydrogens is 255 g/mol. The molecule has 0 radical (unpaired) electrons. The lowest BCUT2D eigenvalue weighted by Gasteiger charge is -2.17. The number of hydrogen-bond acceptors (Lipinski definition) is 2. The summed E-state index contributed by atoms with van der Waals surface area (Å²) in [6.07, 6.45) is -3.74. The number of hydrogen-bond donors (Lipinski definition) is 1. The van der Waals surface area contributed by atoms with Crippen molar-refractivity contribution in [2.45, 2.75) is 19.2 Å². The summed E-state index contributed by atoms with van der Waals surface area (Å²) in [5.41, 5.74) is 0.275. The highest BCUT2D eigenvalue weighted by Crippen LogP contribution is 2.35. The topological polar surface area (TPSA) is 33.1 Å². The van der Waals surface area contributed by atoms with Gasteiger partial charge in [0, 0.05) is 18.0 Å². The number of benzene rings is 1. The Bertz CT molecular complexity index is 564. The lowest BCUT2D eigenvalue weighted by molar-refractivity contribution is -0.139. The quantitative estimate of drug-likeness (QED) is 0.903. The van der Waals surface area contributed by atoms with E-state index in [2.05, 4.69) is 4.98 Å². The highest BCUT2D eigenvalue weighted by atomic mass is 19.4. The molecule has 0 fully saturated rings. The predicted molar refractivity (Wildman–Crippen MR) is 64.5 cm³/mol. The first-order chi connectivity index (χ1) is 8.89. The molecule has 1 atom stereocenters. The fourth-order valence-corrected chi connectivity index (χ4v) is 1.81. The van der Waals surface area contributed by atoms with E-state index < -0.39 is 17.8 Å². The average Bonchev–Trinajstić information content (AvgIpc) is 2.38. The largest absolute Gasteiger partial charge is 0.416 e. The molecule has 1 aromatic carbocycles. The first-order valence-electron chi connectivity index (χ1n) is 5.65. The van der Waals surface area contributed by atoms with E-state index in [0.717, 1.165) is 24.0 Å². The maximum absolute atomic E-state index is 12.8. The molecule has 1 aromatic heterocycles. The smallest absolute Gasteiger partial charge is 0.384 e. The van der Waals surface area contributed by atoms with Crippen LogP contribution in [0.4, 0.5) is 13.2 Å². The molecule has 1 heterocycles. The number of nitrogens with zero attached hydrogens (tertiary/aromatic N) is 1. The highest BCUT2D eigenvalue weighted by Gasteiger charge is 2.35. The van der Waals surface area contributed by atoms with Crippen LogP contribution < -0.4 is 0 Å². The molecule has 1 N–H and O–H groups in total. The lowest BCUT2D eigenvalue weighted by atomic mass is 9.98. The molecule has 2 rings (SSSR count). The molecule has 5 heteroatoms. The van der Waals surface area contributed by atoms with Crippen molar-refractivity contribution >= 4 is 0 Å². The minimum absolute atomic E-state index is 0.237. The molecule has 0 aliphatic rings. The Morgan fingerprint density at radius 2 is 1.74 bits per heavy atom. The zero-order chi connectivity index (χ0) is 14.0. The van der Waals surface area contributed by atoms with Gasteiger partial charge in [-0.1, -0.05) is 29.8 Å². The van der Waals surface area contributed by atoms with Crippen LogP contribution in [-0.4, -0.2) is 10.1 Å². The molecule has 2 aromatic rings. The Morgan fingerprint density at radius 3 is 2.32 bits per heavy atom. The number of aryl methyl sites for hydroxylation is 1. The first-order valence-corrected chi connectivity index (χ1v) is 5.65. The molecule has 1 unspecified atom stereocenters. The Labute approximate surface area is 108 Å². The van der Waals surface area contributed by atoms with Gasteiger partial charge in [-0.25, -0.2) is 0 Å². The molecule has 0 aliphatic heterocycles. The van der Waals surface area contributed by atoms with Gasteiger partial charge < -0.3 is 5.11 Å². The Morgan fingerprint density at radius 1 is 1.11 bits per heavy atom. The minimum Gasteiger partial charge on any atom is -0.384 e. The normalized spacial score (nSPS) is 13.3. The van der Waals surface area contributed by atoms with Crippen LogP contribution in [0.15, 0.2) is 42.7 Å². The molecule has 0 bridgehead atoms. The first kappa shape index (κ1) is 13.5. The minimum atomic E-state index is -4.51. The van der Waals surface area contributed by atoms with E-state index in [-0.39, 0.29) is 5.56 Å². The number of alkyl halides is 3. The van der Waals surface area contributed by atoms with Crippen LogP contribution in [0.2, 0.25) is 0 Å². The number of aromatic nitrogens is 1. The molecular formula is C14H12F3NO. The Hall–Kier alpha value is -1.88. The van der Waals surface area contributed by atoms with Crippen LogP contribution in [0.1, 0.15) is 28.4 Å². The molecule has 19 heavy (non-hydrogen) atoms. The van der Waals surface area contributed by atoms with Crippen molar-refractivity contribution in [2.24, 2.45) is 0 Å². The molecule has 100 valence electrons. The lowest BCUT2D eigenvalue weighted by Crippen LogP contribution is -2.13. The number of aliphatic hydroxyl groups excluding tert-OH is 1. The second-order valence-corrected chi connectivity index (χ2v) is 4.27. The van der Waals surface area contributed by atoms with Crippen molar-refractivity contribution in [3.8, 4) is 0 Å². The summed E-state index contributed by atoms with van der Waals surface area (Å²) in [7, 11) is 0. The van der Waals surface area contributed by atoms with E-state index in [9.17, 15) is 18.3 Å². The molecule has 0 saturated heterocycles. The average molecular weight is 267 g/mol. The van der Waals surface area contributed by atoms with Gasteiger partial charge in [0.05, 0.1) is 5.56 Å². The van der Waals surface area contributed by atoms with Gasteiger partial charge in [0.15, 0.2) is 0 Å². The SMILES string of the molecule is Cc1ccc(C(O)c2cnccc2C(F)(F)F)cc1. The number of pyridine rings is 1. The van der Waals surface area contributed by atoms with Crippen molar-refractivity contribution in [3.05, 3.63) is 65.0 Å². The van der Waals surface area contributed by atoms with E-state index >= 15 is 0 Å². The van der Waals surface area contributed by atoms with Crippen LogP contribution >= 0.6 is 0 Å². The van der Waals surface area contributed by atoms with Crippen molar-refractivity contribution in [1.82, 2.24) is 4.98 Å². The van der Waals surface area contributed by atoms with E-state index in [1.165, 1.54) is 0 Å². The van der Waals surface area contributed by atoms with Crippen molar-refractivity contribution in [3.63, 3.8) is 0 Å². The second kappa shape index (κ2) is 5.01. The van der Waals surface area contributed by atoms with Gasteiger partial charge >= 0.3 is 6.18 Å². The third-order valence-electron chi connectivity index (χ3n) is 2.84. The van der Waals surface area contributed by atoms with Gasteiger partial charge in [-0.2, -0.15) is 13.2 Å². The summed E-state index contributed by atoms with van der Waals surface area (Å²) in [5, 5.41) is 10.1. The summed E-state index contributed by atoms with van der Waals surface area (Å²) in [4.78, 5) is 3.66. The van der Waals surface area contributed by atoms with Gasteiger partial charge in [0.25, 0.3) is 0 Å². The summed E-state index contributed by atoms with van der Waals surface area (Å²) >= 11 is 0. The Kier molecular flexibility index (Phi) is 3.57. The molecule has 0 aliphatic carbocycles. The number of aliphatic hydroxyl groups is 1. The van der Waals surface area contributed by atoms with Crippen LogP contribution in [0.5, 0.6) is 0 Å². The zero-order valence-corrected chi connectivity index (χ0v) is 10.1. The summed E-state index contributed by atoms with van der Waals surface area (Å²) in [6, 6.07) is 7.55. The van der Waals surface area contributed by atoms with E-state index in [1.54, 1.807) is 24.3 Å². The van der Waals surface area contributed by atoms with Crippen molar-refractivity contribution < 1.29 is 18.3 Å². The third-order valence-corrected chi connectivity index (χ3v) is 2.84. The molecule has 0 saturated carbocycles. The number of halogens is 3. The summed E-state index contributed by atoms with van der Waals surface area (Å²) < 4.78 is 38.5.